The van der Waals surface area contributed by atoms with Crippen LogP contribution in [-0.2, 0) is 11.3 Å². The number of thiocarbonyl (C=S) groups is 1. The largest absolute Gasteiger partial charge is 0.357 e. The van der Waals surface area contributed by atoms with E-state index in [-0.39, 0.29) is 23.1 Å². The number of carbonyl (C=O) groups is 1. The van der Waals surface area contributed by atoms with Crippen LogP contribution in [0.5, 0.6) is 0 Å². The number of nitrogens with zero attached hydrogens (tertiary/aromatic N) is 4. The molecule has 4 rings (SSSR count). The molecule has 1 amide bonds. The van der Waals surface area contributed by atoms with Gasteiger partial charge in [0.05, 0.1) is 4.91 Å². The van der Waals surface area contributed by atoms with Crippen molar-refractivity contribution in [1.82, 2.24) is 9.47 Å². The molecule has 0 bridgehead atoms. The molecule has 0 N–H and O–H groups in total. The number of anilines is 1. The average molecular weight is 499 g/mol. The van der Waals surface area contributed by atoms with Crippen molar-refractivity contribution in [3.8, 4) is 6.07 Å². The average Bonchev–Trinajstić information content (AvgIpc) is 3.33. The number of carbonyl (C=O) groups excluding carboxylic acids is 1. The molecule has 1 aromatic rings. The minimum atomic E-state index is -0.219. The van der Waals surface area contributed by atoms with Crippen LogP contribution in [0.4, 0.5) is 5.82 Å². The van der Waals surface area contributed by atoms with Crippen LogP contribution in [0.1, 0.15) is 87.8 Å². The molecule has 3 heterocycles. The molecule has 3 fully saturated rings. The van der Waals surface area contributed by atoms with E-state index in [0.717, 1.165) is 75.8 Å². The van der Waals surface area contributed by atoms with E-state index in [1.54, 1.807) is 9.47 Å². The van der Waals surface area contributed by atoms with Gasteiger partial charge in [-0.25, -0.2) is 0 Å². The van der Waals surface area contributed by atoms with Crippen molar-refractivity contribution in [3.63, 3.8) is 0 Å². The maximum Gasteiger partial charge on any atom is 0.270 e. The lowest BCUT2D eigenvalue weighted by Crippen LogP contribution is -2.37. The van der Waals surface area contributed by atoms with Gasteiger partial charge in [-0.15, -0.1) is 0 Å². The summed E-state index contributed by atoms with van der Waals surface area (Å²) in [5, 5.41) is 9.86. The Morgan fingerprint density at radius 1 is 1.12 bits per heavy atom. The Morgan fingerprint density at radius 2 is 1.79 bits per heavy atom. The number of hydrogen-bond acceptors (Lipinski definition) is 6. The van der Waals surface area contributed by atoms with E-state index in [0.29, 0.717) is 21.3 Å². The predicted octanol–water partition coefficient (Wildman–Crippen LogP) is 5.35. The Labute approximate surface area is 212 Å². The number of rotatable bonds is 6. The molecule has 0 radical (unpaired) electrons. The van der Waals surface area contributed by atoms with Crippen molar-refractivity contribution in [3.05, 3.63) is 31.9 Å². The first kappa shape index (κ1) is 25.0. The highest BCUT2D eigenvalue weighted by molar-refractivity contribution is 8.26. The van der Waals surface area contributed by atoms with E-state index in [1.165, 1.54) is 24.6 Å². The molecule has 0 unspecified atom stereocenters. The summed E-state index contributed by atoms with van der Waals surface area (Å²) in [6, 6.07) is 2.35. The molecule has 1 aromatic heterocycles. The molecule has 1 saturated carbocycles. The molecule has 3 aliphatic rings. The Kier molecular flexibility index (Phi) is 8.15. The molecule has 2 aliphatic heterocycles. The van der Waals surface area contributed by atoms with Crippen molar-refractivity contribution in [2.24, 2.45) is 0 Å². The number of aromatic nitrogens is 1. The topological polar surface area (TPSA) is 69.3 Å². The third kappa shape index (κ3) is 4.83. The number of unbranched alkanes of at least 4 members (excludes halogenated alkanes) is 1. The van der Waals surface area contributed by atoms with Gasteiger partial charge in [0.1, 0.15) is 21.8 Å². The Balaban J connectivity index is 1.86. The summed E-state index contributed by atoms with van der Waals surface area (Å²) in [5.74, 6) is 0.830. The highest BCUT2D eigenvalue weighted by Gasteiger charge is 2.38. The molecule has 34 heavy (non-hydrogen) atoms. The molecule has 0 spiro atoms. The number of pyridine rings is 1. The van der Waals surface area contributed by atoms with Crippen LogP contribution in [0, 0.1) is 18.3 Å². The monoisotopic (exact) mass is 498 g/mol. The maximum atomic E-state index is 13.4. The van der Waals surface area contributed by atoms with Gasteiger partial charge in [-0.2, -0.15) is 5.26 Å². The number of thioether (sulfide) groups is 1. The second-order valence-corrected chi connectivity index (χ2v) is 11.2. The van der Waals surface area contributed by atoms with Gasteiger partial charge in [0, 0.05) is 31.2 Å². The molecule has 6 nitrogen and oxygen atoms in total. The summed E-state index contributed by atoms with van der Waals surface area (Å²) in [4.78, 5) is 31.6. The molecular weight excluding hydrogens is 464 g/mol. The number of nitriles is 1. The smallest absolute Gasteiger partial charge is 0.270 e. The summed E-state index contributed by atoms with van der Waals surface area (Å²) in [6.45, 7) is 6.27. The van der Waals surface area contributed by atoms with Crippen molar-refractivity contribution in [2.75, 3.05) is 18.0 Å². The van der Waals surface area contributed by atoms with Gasteiger partial charge in [-0.05, 0) is 50.7 Å². The van der Waals surface area contributed by atoms with Crippen LogP contribution in [0.25, 0.3) is 6.08 Å². The quantitative estimate of drug-likeness (QED) is 0.389. The fraction of sp³-hybridized carbons (Fsp3) is 0.615. The summed E-state index contributed by atoms with van der Waals surface area (Å²) >= 11 is 6.97. The lowest BCUT2D eigenvalue weighted by atomic mass is 10.0. The van der Waals surface area contributed by atoms with Crippen LogP contribution >= 0.6 is 24.0 Å². The molecule has 8 heteroatoms. The SMILES string of the molecule is CCCCn1c(N2CCCCCC2)c(C=C2SC(=S)N(C3CCCC3)C2=O)c(C)c(C#N)c1=O. The summed E-state index contributed by atoms with van der Waals surface area (Å²) in [6.07, 6.45) is 12.5. The molecule has 182 valence electrons. The van der Waals surface area contributed by atoms with E-state index in [2.05, 4.69) is 17.9 Å². The Bertz CT molecular complexity index is 1090. The van der Waals surface area contributed by atoms with Gasteiger partial charge in [0.15, 0.2) is 0 Å². The van der Waals surface area contributed by atoms with Gasteiger partial charge < -0.3 is 4.90 Å². The third-order valence-electron chi connectivity index (χ3n) is 7.28. The summed E-state index contributed by atoms with van der Waals surface area (Å²) < 4.78 is 2.42. The molecule has 0 aromatic carbocycles. The summed E-state index contributed by atoms with van der Waals surface area (Å²) in [5.41, 5.74) is 1.43. The van der Waals surface area contributed by atoms with Crippen molar-refractivity contribution < 1.29 is 4.79 Å². The zero-order valence-electron chi connectivity index (χ0n) is 20.3. The van der Waals surface area contributed by atoms with E-state index in [4.69, 9.17) is 12.2 Å². The van der Waals surface area contributed by atoms with Crippen LogP contribution in [0.3, 0.4) is 0 Å². The normalized spacial score (nSPS) is 20.9. The van der Waals surface area contributed by atoms with Crippen LogP contribution < -0.4 is 10.5 Å². The predicted molar refractivity (Wildman–Crippen MR) is 143 cm³/mol. The fourth-order valence-electron chi connectivity index (χ4n) is 5.38. The zero-order valence-corrected chi connectivity index (χ0v) is 21.9. The standard InChI is InChI=1S/C26H34N4O2S2/c1-3-4-15-29-23(28-13-9-5-6-10-14-28)20(18(2)21(17-27)24(29)31)16-22-25(32)30(26(33)34-22)19-11-7-8-12-19/h16,19H,3-15H2,1-2H3. The number of amides is 1. The second-order valence-electron chi connectivity index (χ2n) is 9.55. The molecule has 0 atom stereocenters. The van der Waals surface area contributed by atoms with E-state index < -0.39 is 0 Å². The lowest BCUT2D eigenvalue weighted by Gasteiger charge is -2.29. The van der Waals surface area contributed by atoms with Crippen LogP contribution in [-0.4, -0.2) is 38.8 Å². The van der Waals surface area contributed by atoms with Gasteiger partial charge in [-0.1, -0.05) is 63.0 Å². The first-order chi connectivity index (χ1) is 16.5. The highest BCUT2D eigenvalue weighted by Crippen LogP contribution is 2.39. The second kappa shape index (κ2) is 11.1. The third-order valence-corrected chi connectivity index (χ3v) is 8.61. The maximum absolute atomic E-state index is 13.4. The molecular formula is C26H34N4O2S2. The minimum Gasteiger partial charge on any atom is -0.357 e. The van der Waals surface area contributed by atoms with Gasteiger partial charge >= 0.3 is 0 Å². The van der Waals surface area contributed by atoms with Crippen LogP contribution in [0.2, 0.25) is 0 Å². The number of hydrogen-bond donors (Lipinski definition) is 0. The first-order valence-corrected chi connectivity index (χ1v) is 13.9. The van der Waals surface area contributed by atoms with Crippen molar-refractivity contribution in [1.29, 1.82) is 5.26 Å². The highest BCUT2D eigenvalue weighted by atomic mass is 32.2. The van der Waals surface area contributed by atoms with Crippen molar-refractivity contribution in [2.45, 2.75) is 90.6 Å². The van der Waals surface area contributed by atoms with E-state index >= 15 is 0 Å². The molecule has 1 aliphatic carbocycles. The first-order valence-electron chi connectivity index (χ1n) is 12.7. The van der Waals surface area contributed by atoms with Gasteiger partial charge in [0.25, 0.3) is 11.5 Å². The minimum absolute atomic E-state index is 0.0343. The lowest BCUT2D eigenvalue weighted by molar-refractivity contribution is -0.123. The fourth-order valence-corrected chi connectivity index (χ4v) is 6.76. The zero-order chi connectivity index (χ0) is 24.2. The van der Waals surface area contributed by atoms with Crippen LogP contribution in [0.15, 0.2) is 9.70 Å². The Hall–Kier alpha value is -2.11. The summed E-state index contributed by atoms with van der Waals surface area (Å²) in [7, 11) is 0. The molecule has 2 saturated heterocycles. The van der Waals surface area contributed by atoms with E-state index in [9.17, 15) is 14.9 Å². The van der Waals surface area contributed by atoms with Gasteiger partial charge in [0.2, 0.25) is 0 Å². The Morgan fingerprint density at radius 3 is 2.41 bits per heavy atom. The van der Waals surface area contributed by atoms with E-state index in [1.807, 2.05) is 13.0 Å². The van der Waals surface area contributed by atoms with Crippen molar-refractivity contribution >= 4 is 46.1 Å². The van der Waals surface area contributed by atoms with Gasteiger partial charge in [-0.3, -0.25) is 19.1 Å².